The maximum absolute atomic E-state index is 13.6. The first kappa shape index (κ1) is 25.7. The first-order chi connectivity index (χ1) is 16.3. The predicted molar refractivity (Wildman–Crippen MR) is 135 cm³/mol. The van der Waals surface area contributed by atoms with Crippen LogP contribution >= 0.6 is 0 Å². The van der Waals surface area contributed by atoms with Gasteiger partial charge in [-0.3, -0.25) is 4.79 Å². The molecular formula is C27H38N4O3. The Labute approximate surface area is 203 Å². The summed E-state index contributed by atoms with van der Waals surface area (Å²) in [5, 5.41) is 6.18. The maximum atomic E-state index is 13.6. The van der Waals surface area contributed by atoms with E-state index in [1.807, 2.05) is 62.1 Å². The molecule has 2 amide bonds. The molecule has 1 aliphatic heterocycles. The van der Waals surface area contributed by atoms with Gasteiger partial charge in [0, 0.05) is 38.1 Å². The Morgan fingerprint density at radius 1 is 1.12 bits per heavy atom. The Kier molecular flexibility index (Phi) is 9.07. The fraction of sp³-hybridized carbons (Fsp3) is 0.481. The molecule has 0 aliphatic carbocycles. The molecule has 2 aromatic carbocycles. The summed E-state index contributed by atoms with van der Waals surface area (Å²) in [7, 11) is 0. The second kappa shape index (κ2) is 12.0. The maximum Gasteiger partial charge on any atom is 0.407 e. The van der Waals surface area contributed by atoms with Crippen LogP contribution in [0.3, 0.4) is 0 Å². The van der Waals surface area contributed by atoms with Gasteiger partial charge in [-0.05, 0) is 44.7 Å². The van der Waals surface area contributed by atoms with Crippen LogP contribution in [0.5, 0.6) is 0 Å². The van der Waals surface area contributed by atoms with Crippen LogP contribution in [0, 0.1) is 0 Å². The molecule has 1 saturated heterocycles. The lowest BCUT2D eigenvalue weighted by atomic mass is 9.90. The Hall–Kier alpha value is -2.90. The van der Waals surface area contributed by atoms with Gasteiger partial charge in [0.1, 0.15) is 5.60 Å². The molecule has 1 fully saturated rings. The predicted octanol–water partition coefficient (Wildman–Crippen LogP) is 3.25. The summed E-state index contributed by atoms with van der Waals surface area (Å²) in [6.07, 6.45) is 0.773. The lowest BCUT2D eigenvalue weighted by Crippen LogP contribution is -2.49. The van der Waals surface area contributed by atoms with E-state index in [0.29, 0.717) is 32.6 Å². The second-order valence-electron chi connectivity index (χ2n) is 9.82. The number of benzene rings is 2. The molecule has 2 aromatic rings. The summed E-state index contributed by atoms with van der Waals surface area (Å²) in [4.78, 5) is 27.6. The number of nitrogens with two attached hydrogens (primary N) is 1. The molecule has 0 bridgehead atoms. The summed E-state index contributed by atoms with van der Waals surface area (Å²) < 4.78 is 5.31. The third-order valence-corrected chi connectivity index (χ3v) is 5.99. The van der Waals surface area contributed by atoms with Crippen LogP contribution in [0.1, 0.15) is 50.7 Å². The Morgan fingerprint density at radius 2 is 1.71 bits per heavy atom. The van der Waals surface area contributed by atoms with Gasteiger partial charge in [0.15, 0.2) is 0 Å². The first-order valence-electron chi connectivity index (χ1n) is 12.1. The van der Waals surface area contributed by atoms with Crippen LogP contribution in [0.4, 0.5) is 4.79 Å². The highest BCUT2D eigenvalue weighted by Crippen LogP contribution is 2.27. The first-order valence-corrected chi connectivity index (χ1v) is 12.1. The van der Waals surface area contributed by atoms with Crippen molar-refractivity contribution in [3.05, 3.63) is 71.8 Å². The fourth-order valence-corrected chi connectivity index (χ4v) is 4.28. The molecule has 4 N–H and O–H groups in total. The SMILES string of the molecule is CC(C)(C)OC(=O)NCCC1NC(CN)CCN(CC(c2ccccc2)c2ccccc2)C1=O. The normalized spacial score (nSPS) is 19.1. The highest BCUT2D eigenvalue weighted by Gasteiger charge is 2.32. The number of nitrogens with one attached hydrogen (secondary N) is 2. The zero-order valence-electron chi connectivity index (χ0n) is 20.5. The Bertz CT molecular complexity index is 875. The van der Waals surface area contributed by atoms with Gasteiger partial charge in [0.05, 0.1) is 6.04 Å². The fourth-order valence-electron chi connectivity index (χ4n) is 4.28. The summed E-state index contributed by atoms with van der Waals surface area (Å²) in [6, 6.07) is 20.2. The van der Waals surface area contributed by atoms with Gasteiger partial charge in [-0.1, -0.05) is 60.7 Å². The molecule has 184 valence electrons. The van der Waals surface area contributed by atoms with E-state index in [4.69, 9.17) is 10.5 Å². The van der Waals surface area contributed by atoms with E-state index in [2.05, 4.69) is 34.9 Å². The van der Waals surface area contributed by atoms with E-state index < -0.39 is 17.7 Å². The zero-order valence-corrected chi connectivity index (χ0v) is 20.5. The van der Waals surface area contributed by atoms with Gasteiger partial charge in [0.25, 0.3) is 0 Å². The highest BCUT2D eigenvalue weighted by molar-refractivity contribution is 5.82. The number of amides is 2. The van der Waals surface area contributed by atoms with E-state index in [9.17, 15) is 9.59 Å². The van der Waals surface area contributed by atoms with Gasteiger partial charge in [-0.2, -0.15) is 0 Å². The molecule has 1 aliphatic rings. The number of carbonyl (C=O) groups excluding carboxylic acids is 2. The molecule has 2 unspecified atom stereocenters. The number of nitrogens with zero attached hydrogens (tertiary/aromatic N) is 1. The number of alkyl carbamates (subject to hydrolysis) is 1. The van der Waals surface area contributed by atoms with Crippen molar-refractivity contribution in [3.8, 4) is 0 Å². The van der Waals surface area contributed by atoms with E-state index in [1.165, 1.54) is 11.1 Å². The number of hydrogen-bond donors (Lipinski definition) is 3. The average molecular weight is 467 g/mol. The van der Waals surface area contributed by atoms with Crippen molar-refractivity contribution in [3.63, 3.8) is 0 Å². The summed E-state index contributed by atoms with van der Waals surface area (Å²) >= 11 is 0. The molecule has 7 heteroatoms. The van der Waals surface area contributed by atoms with Crippen molar-refractivity contribution in [2.45, 2.75) is 57.2 Å². The monoisotopic (exact) mass is 466 g/mol. The third-order valence-electron chi connectivity index (χ3n) is 5.99. The molecule has 3 rings (SSSR count). The molecule has 34 heavy (non-hydrogen) atoms. The number of rotatable bonds is 8. The van der Waals surface area contributed by atoms with Crippen LogP contribution < -0.4 is 16.4 Å². The largest absolute Gasteiger partial charge is 0.444 e. The van der Waals surface area contributed by atoms with E-state index in [-0.39, 0.29) is 17.9 Å². The smallest absolute Gasteiger partial charge is 0.407 e. The van der Waals surface area contributed by atoms with Crippen LogP contribution in [0.15, 0.2) is 60.7 Å². The minimum Gasteiger partial charge on any atom is -0.444 e. The van der Waals surface area contributed by atoms with Crippen molar-refractivity contribution in [2.75, 3.05) is 26.2 Å². The molecule has 0 spiro atoms. The third kappa shape index (κ3) is 7.57. The van der Waals surface area contributed by atoms with Crippen LogP contribution in [-0.2, 0) is 9.53 Å². The molecule has 2 atom stereocenters. The van der Waals surface area contributed by atoms with Gasteiger partial charge >= 0.3 is 6.09 Å². The van der Waals surface area contributed by atoms with Crippen molar-refractivity contribution in [1.82, 2.24) is 15.5 Å². The minimum absolute atomic E-state index is 0.0406. The van der Waals surface area contributed by atoms with Crippen LogP contribution in [0.2, 0.25) is 0 Å². The molecule has 0 radical (unpaired) electrons. The van der Waals surface area contributed by atoms with E-state index in [1.54, 1.807) is 0 Å². The summed E-state index contributed by atoms with van der Waals surface area (Å²) in [5.41, 5.74) is 7.77. The van der Waals surface area contributed by atoms with Crippen molar-refractivity contribution in [1.29, 1.82) is 0 Å². The Morgan fingerprint density at radius 3 is 2.24 bits per heavy atom. The molecule has 0 aromatic heterocycles. The molecule has 0 saturated carbocycles. The topological polar surface area (TPSA) is 96.7 Å². The summed E-state index contributed by atoms with van der Waals surface area (Å²) in [5.74, 6) is 0.111. The summed E-state index contributed by atoms with van der Waals surface area (Å²) in [6.45, 7) is 7.48. The van der Waals surface area contributed by atoms with Gasteiger partial charge in [-0.25, -0.2) is 4.79 Å². The van der Waals surface area contributed by atoms with Gasteiger partial charge in [0.2, 0.25) is 5.91 Å². The second-order valence-corrected chi connectivity index (χ2v) is 9.82. The highest BCUT2D eigenvalue weighted by atomic mass is 16.6. The van der Waals surface area contributed by atoms with Crippen molar-refractivity contribution < 1.29 is 14.3 Å². The van der Waals surface area contributed by atoms with E-state index in [0.717, 1.165) is 6.42 Å². The molecular weight excluding hydrogens is 428 g/mol. The number of ether oxygens (including phenoxy) is 1. The van der Waals surface area contributed by atoms with E-state index >= 15 is 0 Å². The lowest BCUT2D eigenvalue weighted by Gasteiger charge is -2.29. The van der Waals surface area contributed by atoms with Crippen LogP contribution in [0.25, 0.3) is 0 Å². The average Bonchev–Trinajstić information content (AvgIpc) is 2.96. The van der Waals surface area contributed by atoms with Crippen LogP contribution in [-0.4, -0.2) is 60.8 Å². The van der Waals surface area contributed by atoms with Crippen molar-refractivity contribution in [2.24, 2.45) is 5.73 Å². The standard InChI is InChI=1S/C27H38N4O3/c1-27(2,3)34-26(33)29-16-14-24-25(32)31(17-15-22(18-28)30-24)19-23(20-10-6-4-7-11-20)21-12-8-5-9-13-21/h4-13,22-24,30H,14-19,28H2,1-3H3,(H,29,33). The number of carbonyl (C=O) groups is 2. The number of hydrogen-bond acceptors (Lipinski definition) is 5. The Balaban J connectivity index is 1.73. The lowest BCUT2D eigenvalue weighted by molar-refractivity contribution is -0.133. The zero-order chi connectivity index (χ0) is 24.6. The van der Waals surface area contributed by atoms with Gasteiger partial charge < -0.3 is 26.0 Å². The quantitative estimate of drug-likeness (QED) is 0.555. The van der Waals surface area contributed by atoms with Gasteiger partial charge in [-0.15, -0.1) is 0 Å². The van der Waals surface area contributed by atoms with Crippen molar-refractivity contribution >= 4 is 12.0 Å². The minimum atomic E-state index is -0.564. The molecule has 1 heterocycles. The molecule has 7 nitrogen and oxygen atoms in total.